The van der Waals surface area contributed by atoms with E-state index < -0.39 is 0 Å². The van der Waals surface area contributed by atoms with Crippen LogP contribution in [0.15, 0.2) is 0 Å². The average Bonchev–Trinajstić information content (AvgIpc) is 2.89. The lowest BCUT2D eigenvalue weighted by atomic mass is 9.44. The van der Waals surface area contributed by atoms with Crippen molar-refractivity contribution in [1.29, 1.82) is 5.26 Å². The van der Waals surface area contributed by atoms with Gasteiger partial charge in [-0.1, -0.05) is 13.8 Å². The van der Waals surface area contributed by atoms with Crippen molar-refractivity contribution in [2.24, 2.45) is 40.4 Å². The lowest BCUT2D eigenvalue weighted by Crippen LogP contribution is -2.58. The summed E-state index contributed by atoms with van der Waals surface area (Å²) in [5.74, 6) is 2.53. The third-order valence-electron chi connectivity index (χ3n) is 8.81. The second-order valence-electron chi connectivity index (χ2n) is 9.79. The van der Waals surface area contributed by atoms with Crippen LogP contribution in [0.25, 0.3) is 0 Å². The number of carbonyl (C=O) groups excluding carboxylic acids is 1. The van der Waals surface area contributed by atoms with Crippen LogP contribution in [0.2, 0.25) is 0 Å². The maximum Gasteiger partial charge on any atom is 0.137 e. The number of fused-ring (bicyclic) bond motifs is 5. The molecule has 0 bridgehead atoms. The second kappa shape index (κ2) is 6.08. The number of nitrogens with zero attached hydrogens (tertiary/aromatic N) is 1. The number of ether oxygens (including phenoxy) is 1. The van der Waals surface area contributed by atoms with Gasteiger partial charge in [0.15, 0.2) is 0 Å². The Labute approximate surface area is 152 Å². The molecule has 8 unspecified atom stereocenters. The molecule has 25 heavy (non-hydrogen) atoms. The van der Waals surface area contributed by atoms with E-state index in [1.807, 2.05) is 0 Å². The molecule has 4 fully saturated rings. The van der Waals surface area contributed by atoms with Gasteiger partial charge in [-0.05, 0) is 80.5 Å². The molecule has 0 aromatic rings. The molecular formula is C22H33NO2. The minimum Gasteiger partial charge on any atom is -0.378 e. The first-order valence-corrected chi connectivity index (χ1v) is 10.5. The lowest BCUT2D eigenvalue weighted by Gasteiger charge is -2.59. The molecule has 8 atom stereocenters. The molecule has 0 saturated heterocycles. The lowest BCUT2D eigenvalue weighted by molar-refractivity contribution is -0.163. The Hall–Kier alpha value is -0.880. The fourth-order valence-corrected chi connectivity index (χ4v) is 7.72. The second-order valence-corrected chi connectivity index (χ2v) is 9.79. The third-order valence-corrected chi connectivity index (χ3v) is 8.81. The topological polar surface area (TPSA) is 50.1 Å². The van der Waals surface area contributed by atoms with Crippen molar-refractivity contribution >= 4 is 5.78 Å². The summed E-state index contributed by atoms with van der Waals surface area (Å²) < 4.78 is 6.00. The van der Waals surface area contributed by atoms with Crippen LogP contribution in [0.5, 0.6) is 0 Å². The molecule has 0 amide bonds. The number of carbonyl (C=O) groups is 1. The first-order chi connectivity index (χ1) is 11.9. The SMILES string of the molecule is CCOC1CCC2CCC3C4CCC(C#N)C4(C)CC(=O)C3C2(C)C1. The standard InChI is InChI=1S/C22H33NO2/c1-4-25-16-8-5-14-6-9-17-18-10-7-15(13-23)21(18,2)12-19(24)20(17)22(14,3)11-16/h14-18,20H,4-12H2,1-3H3. The highest BCUT2D eigenvalue weighted by Crippen LogP contribution is 2.66. The Bertz CT molecular complexity index is 595. The summed E-state index contributed by atoms with van der Waals surface area (Å²) in [6.07, 6.45) is 9.04. The maximum atomic E-state index is 13.4. The highest BCUT2D eigenvalue weighted by molar-refractivity contribution is 5.84. The van der Waals surface area contributed by atoms with E-state index in [0.29, 0.717) is 36.1 Å². The van der Waals surface area contributed by atoms with Gasteiger partial charge in [0.1, 0.15) is 5.78 Å². The minimum absolute atomic E-state index is 0.0653. The Kier molecular flexibility index (Phi) is 4.27. The highest BCUT2D eigenvalue weighted by Gasteiger charge is 2.63. The van der Waals surface area contributed by atoms with E-state index in [9.17, 15) is 10.1 Å². The summed E-state index contributed by atoms with van der Waals surface area (Å²) in [5.41, 5.74) is 0.0499. The maximum absolute atomic E-state index is 13.4. The van der Waals surface area contributed by atoms with Gasteiger partial charge in [-0.2, -0.15) is 5.26 Å². The minimum atomic E-state index is -0.0653. The van der Waals surface area contributed by atoms with E-state index in [0.717, 1.165) is 32.3 Å². The van der Waals surface area contributed by atoms with Crippen LogP contribution in [-0.4, -0.2) is 18.5 Å². The fourth-order valence-electron chi connectivity index (χ4n) is 7.72. The molecule has 0 spiro atoms. The Morgan fingerprint density at radius 1 is 1.12 bits per heavy atom. The molecule has 138 valence electrons. The molecule has 4 aliphatic rings. The summed E-state index contributed by atoms with van der Waals surface area (Å²) in [5, 5.41) is 9.61. The van der Waals surface area contributed by atoms with E-state index in [4.69, 9.17) is 4.74 Å². The number of hydrogen-bond donors (Lipinski definition) is 0. The van der Waals surface area contributed by atoms with Gasteiger partial charge in [0, 0.05) is 18.9 Å². The van der Waals surface area contributed by atoms with E-state index in [2.05, 4.69) is 26.8 Å². The van der Waals surface area contributed by atoms with Crippen LogP contribution < -0.4 is 0 Å². The quantitative estimate of drug-likeness (QED) is 0.727. The Morgan fingerprint density at radius 2 is 1.88 bits per heavy atom. The number of Topliss-reactive ketones (excluding diaryl/α,β-unsaturated/α-hetero) is 1. The summed E-state index contributed by atoms with van der Waals surface area (Å²) in [6.45, 7) is 7.50. The zero-order chi connectivity index (χ0) is 17.8. The zero-order valence-electron chi connectivity index (χ0n) is 16.1. The molecular weight excluding hydrogens is 310 g/mol. The van der Waals surface area contributed by atoms with Crippen molar-refractivity contribution in [1.82, 2.24) is 0 Å². The van der Waals surface area contributed by atoms with E-state index in [-0.39, 0.29) is 22.7 Å². The molecule has 4 aliphatic carbocycles. The first kappa shape index (κ1) is 17.5. The Morgan fingerprint density at radius 3 is 2.60 bits per heavy atom. The van der Waals surface area contributed by atoms with Crippen LogP contribution in [0, 0.1) is 51.8 Å². The van der Waals surface area contributed by atoms with Gasteiger partial charge in [0.2, 0.25) is 0 Å². The molecule has 0 aromatic heterocycles. The summed E-state index contributed by atoms with van der Waals surface area (Å²) in [4.78, 5) is 13.4. The van der Waals surface area contributed by atoms with Crippen LogP contribution in [0.4, 0.5) is 0 Å². The molecule has 3 nitrogen and oxygen atoms in total. The van der Waals surface area contributed by atoms with Crippen molar-refractivity contribution in [3.8, 4) is 6.07 Å². The zero-order valence-corrected chi connectivity index (χ0v) is 16.1. The summed E-state index contributed by atoms with van der Waals surface area (Å²) in [6, 6.07) is 2.54. The van der Waals surface area contributed by atoms with Crippen molar-refractivity contribution in [2.45, 2.75) is 78.2 Å². The van der Waals surface area contributed by atoms with Crippen molar-refractivity contribution in [2.75, 3.05) is 6.61 Å². The number of nitriles is 1. The van der Waals surface area contributed by atoms with Gasteiger partial charge in [0.05, 0.1) is 18.1 Å². The van der Waals surface area contributed by atoms with Gasteiger partial charge in [-0.15, -0.1) is 0 Å². The molecule has 0 aromatic carbocycles. The van der Waals surface area contributed by atoms with E-state index >= 15 is 0 Å². The van der Waals surface area contributed by atoms with Gasteiger partial charge in [-0.3, -0.25) is 4.79 Å². The molecule has 4 saturated carbocycles. The van der Waals surface area contributed by atoms with E-state index in [1.165, 1.54) is 19.3 Å². The first-order valence-electron chi connectivity index (χ1n) is 10.5. The van der Waals surface area contributed by atoms with Crippen LogP contribution >= 0.6 is 0 Å². The van der Waals surface area contributed by atoms with E-state index in [1.54, 1.807) is 0 Å². The van der Waals surface area contributed by atoms with Crippen molar-refractivity contribution < 1.29 is 9.53 Å². The average molecular weight is 344 g/mol. The van der Waals surface area contributed by atoms with Crippen LogP contribution in [-0.2, 0) is 9.53 Å². The molecule has 3 heteroatoms. The molecule has 0 heterocycles. The number of hydrogen-bond acceptors (Lipinski definition) is 3. The van der Waals surface area contributed by atoms with Crippen LogP contribution in [0.3, 0.4) is 0 Å². The molecule has 4 rings (SSSR count). The Balaban J connectivity index is 1.66. The predicted octanol–water partition coefficient (Wildman–Crippen LogP) is 4.75. The fraction of sp³-hybridized carbons (Fsp3) is 0.909. The van der Waals surface area contributed by atoms with Gasteiger partial charge >= 0.3 is 0 Å². The van der Waals surface area contributed by atoms with Gasteiger partial charge in [0.25, 0.3) is 0 Å². The smallest absolute Gasteiger partial charge is 0.137 e. The molecule has 0 aliphatic heterocycles. The monoisotopic (exact) mass is 343 g/mol. The number of ketones is 1. The van der Waals surface area contributed by atoms with Gasteiger partial charge < -0.3 is 4.74 Å². The predicted molar refractivity (Wildman–Crippen MR) is 96.6 cm³/mol. The normalized spacial score (nSPS) is 52.0. The molecule has 0 radical (unpaired) electrons. The third kappa shape index (κ3) is 2.43. The largest absolute Gasteiger partial charge is 0.378 e. The summed E-state index contributed by atoms with van der Waals surface area (Å²) in [7, 11) is 0. The summed E-state index contributed by atoms with van der Waals surface area (Å²) >= 11 is 0. The van der Waals surface area contributed by atoms with Crippen molar-refractivity contribution in [3.05, 3.63) is 0 Å². The number of rotatable bonds is 2. The van der Waals surface area contributed by atoms with Crippen LogP contribution in [0.1, 0.15) is 72.1 Å². The molecule has 0 N–H and O–H groups in total. The van der Waals surface area contributed by atoms with Crippen molar-refractivity contribution in [3.63, 3.8) is 0 Å². The van der Waals surface area contributed by atoms with Gasteiger partial charge in [-0.25, -0.2) is 0 Å². The highest BCUT2D eigenvalue weighted by atomic mass is 16.5.